The molecule has 0 aliphatic carbocycles. The molecule has 2 unspecified atom stereocenters. The standard InChI is InChI=1S/C36H30/c1-3-13-29(14-4-1)35(33-21-19-27-11-7-9-17-31(27)25-33)23-24-36(30-15-5-2-6-16-30)34-22-20-28-12-8-10-18-32(28)26-34/h1-22,25-26,35-36H,23-24H2/i35D,36D. The van der Waals surface area contributed by atoms with Crippen molar-refractivity contribution < 1.29 is 2.74 Å². The van der Waals surface area contributed by atoms with E-state index in [-0.39, 0.29) is 0 Å². The second kappa shape index (κ2) is 10.2. The van der Waals surface area contributed by atoms with Gasteiger partial charge in [0.05, 0.1) is 0 Å². The highest BCUT2D eigenvalue weighted by Crippen LogP contribution is 2.37. The predicted octanol–water partition coefficient (Wildman–Crippen LogP) is 9.74. The summed E-state index contributed by atoms with van der Waals surface area (Å²) < 4.78 is 19.9. The van der Waals surface area contributed by atoms with E-state index < -0.39 is 11.8 Å². The summed E-state index contributed by atoms with van der Waals surface area (Å²) in [5.74, 6) is -1.99. The molecule has 0 fully saturated rings. The molecule has 0 spiro atoms. The molecule has 0 saturated heterocycles. The summed E-state index contributed by atoms with van der Waals surface area (Å²) in [4.78, 5) is 0. The van der Waals surface area contributed by atoms with Crippen LogP contribution in [0.25, 0.3) is 21.5 Å². The Morgan fingerprint density at radius 2 is 0.722 bits per heavy atom. The Morgan fingerprint density at radius 1 is 0.361 bits per heavy atom. The first-order valence-corrected chi connectivity index (χ1v) is 12.7. The molecule has 0 heteroatoms. The molecule has 0 aliphatic rings. The van der Waals surface area contributed by atoms with Crippen molar-refractivity contribution in [3.63, 3.8) is 0 Å². The van der Waals surface area contributed by atoms with Crippen molar-refractivity contribution >= 4 is 21.5 Å². The summed E-state index contributed by atoms with van der Waals surface area (Å²) >= 11 is 0. The minimum Gasteiger partial charge on any atom is -0.0622 e. The SMILES string of the molecule is [2H]C(CCC([2H])(c1ccccc1)c1ccc2ccccc2c1)(c1ccccc1)c1ccc2ccccc2c1. The smallest absolute Gasteiger partial charge is 0.0402 e. The van der Waals surface area contributed by atoms with Crippen LogP contribution in [-0.4, -0.2) is 0 Å². The van der Waals surface area contributed by atoms with Gasteiger partial charge >= 0.3 is 0 Å². The van der Waals surface area contributed by atoms with E-state index in [0.29, 0.717) is 12.8 Å². The first kappa shape index (κ1) is 20.1. The van der Waals surface area contributed by atoms with Gasteiger partial charge in [-0.25, -0.2) is 0 Å². The zero-order valence-electron chi connectivity index (χ0n) is 22.3. The van der Waals surface area contributed by atoms with Crippen molar-refractivity contribution in [3.8, 4) is 0 Å². The molecule has 2 atom stereocenters. The molecule has 6 aromatic carbocycles. The van der Waals surface area contributed by atoms with Crippen molar-refractivity contribution in [2.45, 2.75) is 24.6 Å². The van der Waals surface area contributed by atoms with E-state index in [9.17, 15) is 2.74 Å². The first-order chi connectivity index (χ1) is 18.6. The van der Waals surface area contributed by atoms with Crippen LogP contribution in [0.15, 0.2) is 146 Å². The highest BCUT2D eigenvalue weighted by atomic mass is 14.2. The molecule has 0 heterocycles. The van der Waals surface area contributed by atoms with E-state index in [4.69, 9.17) is 0 Å². The maximum absolute atomic E-state index is 9.93. The summed E-state index contributed by atoms with van der Waals surface area (Å²) in [7, 11) is 0. The minimum atomic E-state index is -0.997. The summed E-state index contributed by atoms with van der Waals surface area (Å²) in [5.41, 5.74) is 3.81. The third-order valence-electron chi connectivity index (χ3n) is 7.07. The number of hydrogen-bond donors (Lipinski definition) is 0. The van der Waals surface area contributed by atoms with E-state index >= 15 is 0 Å². The maximum atomic E-state index is 9.93. The quantitative estimate of drug-likeness (QED) is 0.220. The molecule has 0 amide bonds. The van der Waals surface area contributed by atoms with Crippen LogP contribution in [0.2, 0.25) is 0 Å². The third-order valence-corrected chi connectivity index (χ3v) is 7.07. The highest BCUT2D eigenvalue weighted by Gasteiger charge is 2.20. The number of rotatable bonds is 7. The molecule has 6 aromatic rings. The fraction of sp³-hybridized carbons (Fsp3) is 0.111. The Labute approximate surface area is 216 Å². The normalized spacial score (nSPS) is 15.6. The van der Waals surface area contributed by atoms with Crippen LogP contribution in [0.1, 0.15) is 49.6 Å². The average Bonchev–Trinajstić information content (AvgIpc) is 3.00. The molecule has 0 bridgehead atoms. The van der Waals surface area contributed by atoms with E-state index in [1.165, 1.54) is 10.8 Å². The number of fused-ring (bicyclic) bond motifs is 2. The van der Waals surface area contributed by atoms with Gasteiger partial charge in [0, 0.05) is 14.5 Å². The number of benzene rings is 6. The van der Waals surface area contributed by atoms with Gasteiger partial charge in [-0.1, -0.05) is 146 Å². The van der Waals surface area contributed by atoms with Gasteiger partial charge in [-0.3, -0.25) is 0 Å². The van der Waals surface area contributed by atoms with Crippen molar-refractivity contribution in [1.82, 2.24) is 0 Å². The lowest BCUT2D eigenvalue weighted by molar-refractivity contribution is 0.613. The Hall–Kier alpha value is -4.16. The minimum absolute atomic E-state index is 0.501. The zero-order valence-corrected chi connectivity index (χ0v) is 20.3. The molecular formula is C36H30. The summed E-state index contributed by atoms with van der Waals surface area (Å²) in [6.07, 6.45) is 1.00. The van der Waals surface area contributed by atoms with Gasteiger partial charge in [-0.05, 0) is 56.6 Å². The summed E-state index contributed by atoms with van der Waals surface area (Å²) in [5, 5.41) is 4.60. The fourth-order valence-corrected chi connectivity index (χ4v) is 5.19. The van der Waals surface area contributed by atoms with Crippen molar-refractivity contribution in [2.75, 3.05) is 0 Å². The monoisotopic (exact) mass is 464 g/mol. The van der Waals surface area contributed by atoms with Gasteiger partial charge < -0.3 is 0 Å². The number of hydrogen-bond acceptors (Lipinski definition) is 0. The van der Waals surface area contributed by atoms with Crippen molar-refractivity contribution in [3.05, 3.63) is 168 Å². The van der Waals surface area contributed by atoms with Gasteiger partial charge in [0.25, 0.3) is 0 Å². The van der Waals surface area contributed by atoms with Gasteiger partial charge in [0.2, 0.25) is 0 Å². The molecule has 0 N–H and O–H groups in total. The lowest BCUT2D eigenvalue weighted by Crippen LogP contribution is -2.07. The maximum Gasteiger partial charge on any atom is 0.0402 e. The molecule has 6 rings (SSSR count). The zero-order chi connectivity index (χ0) is 26.0. The van der Waals surface area contributed by atoms with Gasteiger partial charge in [-0.15, -0.1) is 0 Å². The van der Waals surface area contributed by atoms with E-state index in [2.05, 4.69) is 60.7 Å². The summed E-state index contributed by atoms with van der Waals surface area (Å²) in [6.45, 7) is 0. The highest BCUT2D eigenvalue weighted by molar-refractivity contribution is 5.84. The van der Waals surface area contributed by atoms with Crippen LogP contribution in [0.3, 0.4) is 0 Å². The van der Waals surface area contributed by atoms with Gasteiger partial charge in [0.1, 0.15) is 0 Å². The second-order valence-corrected chi connectivity index (χ2v) is 9.31. The summed E-state index contributed by atoms with van der Waals surface area (Å²) in [6, 6.07) is 49.6. The molecule has 0 radical (unpaired) electrons. The van der Waals surface area contributed by atoms with Crippen LogP contribution >= 0.6 is 0 Å². The molecule has 36 heavy (non-hydrogen) atoms. The fourth-order valence-electron chi connectivity index (χ4n) is 5.19. The van der Waals surface area contributed by atoms with Crippen LogP contribution in [0, 0.1) is 0 Å². The third kappa shape index (κ3) is 4.68. The Morgan fingerprint density at radius 3 is 1.14 bits per heavy atom. The molecule has 0 aromatic heterocycles. The van der Waals surface area contributed by atoms with Crippen LogP contribution < -0.4 is 0 Å². The topological polar surface area (TPSA) is 0 Å². The Kier molecular flexibility index (Phi) is 5.70. The van der Waals surface area contributed by atoms with Crippen molar-refractivity contribution in [1.29, 1.82) is 0 Å². The first-order valence-electron chi connectivity index (χ1n) is 13.7. The predicted molar refractivity (Wildman–Crippen MR) is 154 cm³/mol. The Bertz CT molecular complexity index is 1560. The van der Waals surface area contributed by atoms with E-state index in [1.807, 2.05) is 84.9 Å². The lowest BCUT2D eigenvalue weighted by atomic mass is 9.80. The lowest BCUT2D eigenvalue weighted by Gasteiger charge is -2.24. The largest absolute Gasteiger partial charge is 0.0622 e. The molecule has 0 saturated carbocycles. The average molecular weight is 465 g/mol. The van der Waals surface area contributed by atoms with E-state index in [0.717, 1.165) is 33.0 Å². The van der Waals surface area contributed by atoms with Crippen LogP contribution in [-0.2, 0) is 0 Å². The van der Waals surface area contributed by atoms with Crippen molar-refractivity contribution in [2.24, 2.45) is 0 Å². The van der Waals surface area contributed by atoms with Crippen LogP contribution in [0.4, 0.5) is 0 Å². The second-order valence-electron chi connectivity index (χ2n) is 9.31. The molecule has 174 valence electrons. The molecule has 0 aliphatic heterocycles. The molecule has 0 nitrogen and oxygen atoms in total. The molecular weight excluding hydrogens is 432 g/mol. The van der Waals surface area contributed by atoms with Crippen LogP contribution in [0.5, 0.6) is 0 Å². The van der Waals surface area contributed by atoms with Gasteiger partial charge in [-0.2, -0.15) is 0 Å². The van der Waals surface area contributed by atoms with E-state index in [1.54, 1.807) is 0 Å². The van der Waals surface area contributed by atoms with Gasteiger partial charge in [0.15, 0.2) is 0 Å². The Balaban J connectivity index is 1.46.